The summed E-state index contributed by atoms with van der Waals surface area (Å²) in [6.45, 7) is 5.97. The molecule has 2 heterocycles. The molecule has 1 aromatic heterocycles. The highest BCUT2D eigenvalue weighted by atomic mass is 19.4. The number of aromatic nitrogens is 2. The normalized spacial score (nSPS) is 22.2. The second-order valence-corrected chi connectivity index (χ2v) is 8.63. The number of alkyl halides is 3. The van der Waals surface area contributed by atoms with Gasteiger partial charge in [-0.25, -0.2) is 4.98 Å². The number of hydrogen-bond donors (Lipinski definition) is 2. The lowest BCUT2D eigenvalue weighted by atomic mass is 9.88. The number of likely N-dealkylation sites (tertiary alicyclic amines) is 1. The maximum Gasteiger partial charge on any atom is 0.416 e. The first kappa shape index (κ1) is 22.4. The fourth-order valence-electron chi connectivity index (χ4n) is 4.57. The van der Waals surface area contributed by atoms with Crippen molar-refractivity contribution < 1.29 is 18.0 Å². The fraction of sp³-hybridized carbons (Fsp3) is 0.478. The van der Waals surface area contributed by atoms with E-state index < -0.39 is 17.6 Å². The van der Waals surface area contributed by atoms with Crippen LogP contribution in [0.5, 0.6) is 0 Å². The van der Waals surface area contributed by atoms with E-state index in [1.807, 2.05) is 18.7 Å². The predicted molar refractivity (Wildman–Crippen MR) is 115 cm³/mol. The summed E-state index contributed by atoms with van der Waals surface area (Å²) in [5, 5.41) is 5.95. The van der Waals surface area contributed by atoms with Crippen LogP contribution in [0.15, 0.2) is 55.3 Å². The molecule has 2 fully saturated rings. The second-order valence-electron chi connectivity index (χ2n) is 8.63. The number of halogens is 3. The van der Waals surface area contributed by atoms with E-state index in [9.17, 15) is 18.0 Å². The van der Waals surface area contributed by atoms with E-state index in [0.29, 0.717) is 17.8 Å². The average Bonchev–Trinajstić information content (AvgIpc) is 3.29. The van der Waals surface area contributed by atoms with Crippen molar-refractivity contribution in [2.45, 2.75) is 50.0 Å². The van der Waals surface area contributed by atoms with Gasteiger partial charge in [-0.3, -0.25) is 9.69 Å². The van der Waals surface area contributed by atoms with Crippen LogP contribution in [-0.4, -0.2) is 52.1 Å². The van der Waals surface area contributed by atoms with Gasteiger partial charge in [0.05, 0.1) is 24.5 Å². The molecule has 1 saturated heterocycles. The number of benzene rings is 1. The van der Waals surface area contributed by atoms with Gasteiger partial charge in [0, 0.05) is 48.8 Å². The molecule has 0 radical (unpaired) electrons. The first-order valence-corrected chi connectivity index (χ1v) is 10.9. The van der Waals surface area contributed by atoms with Crippen LogP contribution in [0.1, 0.15) is 47.6 Å². The van der Waals surface area contributed by atoms with Gasteiger partial charge in [0.25, 0.3) is 5.91 Å². The van der Waals surface area contributed by atoms with Gasteiger partial charge in [-0.2, -0.15) is 13.2 Å². The molecule has 1 aromatic carbocycles. The number of carbonyl (C=O) groups excluding carboxylic acids is 1. The SMILES string of the molecule is C=C(CNC(=O)c1cccc(C(F)(F)F)c1)NC1CN(C2CCC(n3ccnc3)CC2)C1. The van der Waals surface area contributed by atoms with E-state index in [-0.39, 0.29) is 18.2 Å². The highest BCUT2D eigenvalue weighted by Gasteiger charge is 2.35. The lowest BCUT2D eigenvalue weighted by Gasteiger charge is -2.47. The molecule has 32 heavy (non-hydrogen) atoms. The molecule has 4 rings (SSSR count). The van der Waals surface area contributed by atoms with E-state index in [1.54, 1.807) is 0 Å². The smallest absolute Gasteiger partial charge is 0.382 e. The second kappa shape index (κ2) is 9.36. The van der Waals surface area contributed by atoms with Crippen molar-refractivity contribution in [3.63, 3.8) is 0 Å². The summed E-state index contributed by atoms with van der Waals surface area (Å²) in [5.74, 6) is -0.552. The third kappa shape index (κ3) is 5.32. The molecule has 172 valence electrons. The molecular formula is C23H28F3N5O. The summed E-state index contributed by atoms with van der Waals surface area (Å²) in [7, 11) is 0. The lowest BCUT2D eigenvalue weighted by molar-refractivity contribution is -0.137. The molecule has 2 aromatic rings. The zero-order valence-corrected chi connectivity index (χ0v) is 17.8. The molecule has 1 aliphatic heterocycles. The van der Waals surface area contributed by atoms with Gasteiger partial charge in [-0.05, 0) is 43.9 Å². The van der Waals surface area contributed by atoms with Crippen LogP contribution in [0.4, 0.5) is 13.2 Å². The summed E-state index contributed by atoms with van der Waals surface area (Å²) in [6.07, 6.45) is 5.93. The molecular weight excluding hydrogens is 419 g/mol. The molecule has 6 nitrogen and oxygen atoms in total. The summed E-state index contributed by atoms with van der Waals surface area (Å²) >= 11 is 0. The van der Waals surface area contributed by atoms with Gasteiger partial charge < -0.3 is 15.2 Å². The minimum absolute atomic E-state index is 0.0197. The van der Waals surface area contributed by atoms with Crippen molar-refractivity contribution >= 4 is 5.91 Å². The molecule has 1 amide bonds. The summed E-state index contributed by atoms with van der Waals surface area (Å²) in [5.41, 5.74) is -0.205. The van der Waals surface area contributed by atoms with Crippen LogP contribution in [0.3, 0.4) is 0 Å². The van der Waals surface area contributed by atoms with Crippen LogP contribution in [0.2, 0.25) is 0 Å². The van der Waals surface area contributed by atoms with E-state index in [4.69, 9.17) is 0 Å². The van der Waals surface area contributed by atoms with Gasteiger partial charge in [0.1, 0.15) is 0 Å². The third-order valence-corrected chi connectivity index (χ3v) is 6.36. The van der Waals surface area contributed by atoms with Crippen molar-refractivity contribution in [2.75, 3.05) is 19.6 Å². The summed E-state index contributed by atoms with van der Waals surface area (Å²) in [6, 6.07) is 5.83. The Hall–Kier alpha value is -2.81. The minimum atomic E-state index is -4.48. The Morgan fingerprint density at radius 3 is 2.53 bits per heavy atom. The Kier molecular flexibility index (Phi) is 6.55. The first-order valence-electron chi connectivity index (χ1n) is 10.9. The van der Waals surface area contributed by atoms with Crippen molar-refractivity contribution in [1.82, 2.24) is 25.1 Å². The molecule has 1 saturated carbocycles. The van der Waals surface area contributed by atoms with Gasteiger partial charge >= 0.3 is 6.18 Å². The van der Waals surface area contributed by atoms with Crippen LogP contribution in [0, 0.1) is 0 Å². The lowest BCUT2D eigenvalue weighted by Crippen LogP contribution is -2.61. The Bertz CT molecular complexity index is 929. The molecule has 1 aliphatic carbocycles. The van der Waals surface area contributed by atoms with Crippen LogP contribution in [0.25, 0.3) is 0 Å². The van der Waals surface area contributed by atoms with Gasteiger partial charge in [-0.1, -0.05) is 12.6 Å². The molecule has 9 heteroatoms. The molecule has 0 unspecified atom stereocenters. The van der Waals surface area contributed by atoms with Crippen LogP contribution in [-0.2, 0) is 6.18 Å². The number of nitrogens with zero attached hydrogens (tertiary/aromatic N) is 3. The quantitative estimate of drug-likeness (QED) is 0.681. The van der Waals surface area contributed by atoms with Crippen molar-refractivity contribution in [3.8, 4) is 0 Å². The van der Waals surface area contributed by atoms with E-state index >= 15 is 0 Å². The standard InChI is InChI=1S/C23H28F3N5O/c1-16(12-28-22(32)17-3-2-4-18(11-17)23(24,25)26)29-19-13-31(14-19)21-7-5-20(6-8-21)30-10-9-27-15-30/h2-4,9-11,15,19-21,29H,1,5-8,12-14H2,(H,28,32). The fourth-order valence-corrected chi connectivity index (χ4v) is 4.57. The number of carbonyl (C=O) groups is 1. The number of hydrogen-bond acceptors (Lipinski definition) is 4. The topological polar surface area (TPSA) is 62.2 Å². The van der Waals surface area contributed by atoms with Gasteiger partial charge in [-0.15, -0.1) is 0 Å². The zero-order valence-electron chi connectivity index (χ0n) is 17.8. The van der Waals surface area contributed by atoms with E-state index in [2.05, 4.69) is 31.7 Å². The highest BCUT2D eigenvalue weighted by molar-refractivity contribution is 5.94. The Morgan fingerprint density at radius 2 is 1.88 bits per heavy atom. The first-order chi connectivity index (χ1) is 15.3. The average molecular weight is 448 g/mol. The zero-order chi connectivity index (χ0) is 22.7. The van der Waals surface area contributed by atoms with Crippen LogP contribution >= 0.6 is 0 Å². The highest BCUT2D eigenvalue weighted by Crippen LogP contribution is 2.33. The Labute approximate surface area is 185 Å². The van der Waals surface area contributed by atoms with Crippen LogP contribution < -0.4 is 10.6 Å². The Balaban J connectivity index is 1.15. The van der Waals surface area contributed by atoms with Crippen molar-refractivity contribution in [1.29, 1.82) is 0 Å². The maximum absolute atomic E-state index is 12.8. The number of imidazole rings is 1. The van der Waals surface area contributed by atoms with Crippen molar-refractivity contribution in [3.05, 3.63) is 66.4 Å². The number of rotatable bonds is 7. The summed E-state index contributed by atoms with van der Waals surface area (Å²) < 4.78 is 40.7. The minimum Gasteiger partial charge on any atom is -0.382 e. The molecule has 2 N–H and O–H groups in total. The van der Waals surface area contributed by atoms with E-state index in [0.717, 1.165) is 38.1 Å². The third-order valence-electron chi connectivity index (χ3n) is 6.36. The van der Waals surface area contributed by atoms with Gasteiger partial charge in [0.2, 0.25) is 0 Å². The monoisotopic (exact) mass is 447 g/mol. The molecule has 0 bridgehead atoms. The van der Waals surface area contributed by atoms with Crippen molar-refractivity contribution in [2.24, 2.45) is 0 Å². The largest absolute Gasteiger partial charge is 0.416 e. The van der Waals surface area contributed by atoms with E-state index in [1.165, 1.54) is 25.0 Å². The van der Waals surface area contributed by atoms with Gasteiger partial charge in [0.15, 0.2) is 0 Å². The summed E-state index contributed by atoms with van der Waals surface area (Å²) in [4.78, 5) is 18.8. The Morgan fingerprint density at radius 1 is 1.16 bits per heavy atom. The maximum atomic E-state index is 12.8. The predicted octanol–water partition coefficient (Wildman–Crippen LogP) is 3.60. The molecule has 2 aliphatic rings. The number of nitrogens with one attached hydrogen (secondary N) is 2. The molecule has 0 atom stereocenters. The number of amides is 1. The molecule has 0 spiro atoms.